The lowest BCUT2D eigenvalue weighted by atomic mass is 10.2. The average Bonchev–Trinajstić information content (AvgIpc) is 2.40. The Labute approximate surface area is 107 Å². The summed E-state index contributed by atoms with van der Waals surface area (Å²) in [6, 6.07) is 0. The summed E-state index contributed by atoms with van der Waals surface area (Å²) in [6.07, 6.45) is 1.52. The van der Waals surface area contributed by atoms with Crippen LogP contribution < -0.4 is 5.32 Å². The van der Waals surface area contributed by atoms with E-state index >= 15 is 0 Å². The van der Waals surface area contributed by atoms with Crippen molar-refractivity contribution in [3.8, 4) is 11.8 Å². The lowest BCUT2D eigenvalue weighted by molar-refractivity contribution is -0.0223. The highest BCUT2D eigenvalue weighted by Crippen LogP contribution is 2.03. The summed E-state index contributed by atoms with van der Waals surface area (Å²) in [7, 11) is 0. The first-order valence-corrected chi connectivity index (χ1v) is 6.81. The van der Waals surface area contributed by atoms with Gasteiger partial charge in [-0.1, -0.05) is 26.7 Å². The van der Waals surface area contributed by atoms with Gasteiger partial charge in [-0.05, 0) is 19.9 Å². The number of hydrogen-bond donors (Lipinski definition) is 1. The van der Waals surface area contributed by atoms with Crippen LogP contribution in [0.5, 0.6) is 0 Å². The Morgan fingerprint density at radius 3 is 2.82 bits per heavy atom. The molecule has 1 unspecified atom stereocenters. The summed E-state index contributed by atoms with van der Waals surface area (Å²) in [5, 5.41) is 3.39. The molecular weight excluding hydrogens is 212 g/mol. The van der Waals surface area contributed by atoms with Gasteiger partial charge in [0.15, 0.2) is 0 Å². The second kappa shape index (κ2) is 11.9. The normalized spacial score (nSPS) is 19.9. The molecule has 1 atom stereocenters. The van der Waals surface area contributed by atoms with Crippen LogP contribution in [0.2, 0.25) is 0 Å². The number of ether oxygens (including phenoxy) is 1. The first kappa shape index (κ1) is 16.4. The van der Waals surface area contributed by atoms with E-state index in [0.29, 0.717) is 6.10 Å². The number of morpholine rings is 1. The van der Waals surface area contributed by atoms with E-state index in [1.807, 2.05) is 20.8 Å². The monoisotopic (exact) mass is 240 g/mol. The smallest absolute Gasteiger partial charge is 0.0827 e. The van der Waals surface area contributed by atoms with E-state index in [1.165, 1.54) is 6.42 Å². The molecule has 1 fully saturated rings. The Morgan fingerprint density at radius 1 is 1.41 bits per heavy atom. The summed E-state index contributed by atoms with van der Waals surface area (Å²) in [5.74, 6) is 6.04. The van der Waals surface area contributed by atoms with E-state index in [9.17, 15) is 0 Å². The average molecular weight is 240 g/mol. The molecule has 17 heavy (non-hydrogen) atoms. The molecule has 0 aromatic rings. The zero-order valence-electron chi connectivity index (χ0n) is 11.9. The standard InChI is InChI=1S/C12H22N2O.C2H6/c1-3-5-7-14-8-9-15-12(11-14)10-13-6-4-2;1-2/h12-13H,4,6-11H2,1-2H3;1-2H3. The van der Waals surface area contributed by atoms with Gasteiger partial charge in [-0.2, -0.15) is 0 Å². The quantitative estimate of drug-likeness (QED) is 0.585. The van der Waals surface area contributed by atoms with Gasteiger partial charge in [0.05, 0.1) is 19.3 Å². The molecule has 0 aromatic heterocycles. The Hall–Kier alpha value is -0.560. The lowest BCUT2D eigenvalue weighted by Gasteiger charge is -2.31. The van der Waals surface area contributed by atoms with Gasteiger partial charge in [0.25, 0.3) is 0 Å². The van der Waals surface area contributed by atoms with E-state index < -0.39 is 0 Å². The molecule has 3 nitrogen and oxygen atoms in total. The molecule has 1 saturated heterocycles. The van der Waals surface area contributed by atoms with Gasteiger partial charge < -0.3 is 10.1 Å². The molecule has 3 heteroatoms. The van der Waals surface area contributed by atoms with Crippen LogP contribution in [-0.4, -0.2) is 50.3 Å². The highest BCUT2D eigenvalue weighted by molar-refractivity contribution is 4.98. The van der Waals surface area contributed by atoms with Crippen molar-refractivity contribution in [3.63, 3.8) is 0 Å². The van der Waals surface area contributed by atoms with Gasteiger partial charge in [0, 0.05) is 19.6 Å². The topological polar surface area (TPSA) is 24.5 Å². The van der Waals surface area contributed by atoms with Gasteiger partial charge in [-0.3, -0.25) is 4.90 Å². The van der Waals surface area contributed by atoms with E-state index in [0.717, 1.165) is 39.3 Å². The van der Waals surface area contributed by atoms with Crippen LogP contribution in [0.4, 0.5) is 0 Å². The highest BCUT2D eigenvalue weighted by atomic mass is 16.5. The van der Waals surface area contributed by atoms with Gasteiger partial charge >= 0.3 is 0 Å². The second-order valence-electron chi connectivity index (χ2n) is 3.86. The third-order valence-electron chi connectivity index (χ3n) is 2.50. The van der Waals surface area contributed by atoms with Crippen LogP contribution >= 0.6 is 0 Å². The van der Waals surface area contributed by atoms with E-state index in [1.54, 1.807) is 0 Å². The minimum atomic E-state index is 0.337. The minimum absolute atomic E-state index is 0.337. The maximum Gasteiger partial charge on any atom is 0.0827 e. The summed E-state index contributed by atoms with van der Waals surface area (Å²) in [6.45, 7) is 13.8. The zero-order valence-corrected chi connectivity index (χ0v) is 11.9. The molecule has 0 amide bonds. The number of nitrogens with zero attached hydrogens (tertiary/aromatic N) is 1. The maximum absolute atomic E-state index is 5.68. The summed E-state index contributed by atoms with van der Waals surface area (Å²) >= 11 is 0. The van der Waals surface area contributed by atoms with E-state index in [-0.39, 0.29) is 0 Å². The van der Waals surface area contributed by atoms with Crippen LogP contribution in [0.15, 0.2) is 0 Å². The molecule has 1 aliphatic rings. The fourth-order valence-electron chi connectivity index (χ4n) is 1.68. The minimum Gasteiger partial charge on any atom is -0.374 e. The Bertz CT molecular complexity index is 220. The molecule has 1 N–H and O–H groups in total. The van der Waals surface area contributed by atoms with Crippen molar-refractivity contribution in [1.82, 2.24) is 10.2 Å². The number of hydrogen-bond acceptors (Lipinski definition) is 3. The van der Waals surface area contributed by atoms with Crippen molar-refractivity contribution in [3.05, 3.63) is 0 Å². The van der Waals surface area contributed by atoms with Crippen LogP contribution in [0.25, 0.3) is 0 Å². The Morgan fingerprint density at radius 2 is 2.18 bits per heavy atom. The zero-order chi connectivity index (χ0) is 12.9. The maximum atomic E-state index is 5.68. The summed E-state index contributed by atoms with van der Waals surface area (Å²) < 4.78 is 5.68. The van der Waals surface area contributed by atoms with Crippen molar-refractivity contribution in [2.45, 2.75) is 40.2 Å². The lowest BCUT2D eigenvalue weighted by Crippen LogP contribution is -2.46. The molecular formula is C14H28N2O. The fourth-order valence-corrected chi connectivity index (χ4v) is 1.68. The first-order chi connectivity index (χ1) is 8.36. The first-order valence-electron chi connectivity index (χ1n) is 6.81. The van der Waals surface area contributed by atoms with Crippen LogP contribution in [-0.2, 0) is 4.74 Å². The van der Waals surface area contributed by atoms with Crippen molar-refractivity contribution in [2.24, 2.45) is 0 Å². The van der Waals surface area contributed by atoms with Gasteiger partial charge in [0.2, 0.25) is 0 Å². The summed E-state index contributed by atoms with van der Waals surface area (Å²) in [4.78, 5) is 2.36. The SMILES string of the molecule is CC.CC#CCN1CCOC(CNCCC)C1. The van der Waals surface area contributed by atoms with Gasteiger partial charge in [-0.15, -0.1) is 5.92 Å². The predicted molar refractivity (Wildman–Crippen MR) is 74.1 cm³/mol. The molecule has 1 rings (SSSR count). The van der Waals surface area contributed by atoms with E-state index in [2.05, 4.69) is 29.0 Å². The Kier molecular flexibility index (Phi) is 11.5. The predicted octanol–water partition coefficient (Wildman–Crippen LogP) is 1.74. The molecule has 0 aromatic carbocycles. The van der Waals surface area contributed by atoms with Crippen molar-refractivity contribution in [2.75, 3.05) is 39.3 Å². The van der Waals surface area contributed by atoms with Gasteiger partial charge in [0.1, 0.15) is 0 Å². The third-order valence-corrected chi connectivity index (χ3v) is 2.50. The number of nitrogens with one attached hydrogen (secondary N) is 1. The van der Waals surface area contributed by atoms with Crippen molar-refractivity contribution in [1.29, 1.82) is 0 Å². The van der Waals surface area contributed by atoms with Gasteiger partial charge in [-0.25, -0.2) is 0 Å². The molecule has 0 bridgehead atoms. The fraction of sp³-hybridized carbons (Fsp3) is 0.857. The second-order valence-corrected chi connectivity index (χ2v) is 3.86. The third kappa shape index (κ3) is 8.20. The molecule has 0 radical (unpaired) electrons. The number of rotatable bonds is 5. The Balaban J connectivity index is 0.00000121. The van der Waals surface area contributed by atoms with Crippen molar-refractivity contribution < 1.29 is 4.74 Å². The van der Waals surface area contributed by atoms with Crippen molar-refractivity contribution >= 4 is 0 Å². The molecule has 100 valence electrons. The summed E-state index contributed by atoms with van der Waals surface area (Å²) in [5.41, 5.74) is 0. The molecule has 1 heterocycles. The highest BCUT2D eigenvalue weighted by Gasteiger charge is 2.18. The van der Waals surface area contributed by atoms with Crippen LogP contribution in [0.3, 0.4) is 0 Å². The van der Waals surface area contributed by atoms with Crippen LogP contribution in [0, 0.1) is 11.8 Å². The van der Waals surface area contributed by atoms with Crippen LogP contribution in [0.1, 0.15) is 34.1 Å². The molecule has 0 saturated carbocycles. The largest absolute Gasteiger partial charge is 0.374 e. The molecule has 0 aliphatic carbocycles. The molecule has 1 aliphatic heterocycles. The molecule has 0 spiro atoms. The van der Waals surface area contributed by atoms with E-state index in [4.69, 9.17) is 4.74 Å².